The van der Waals surface area contributed by atoms with E-state index >= 15 is 0 Å². The van der Waals surface area contributed by atoms with Gasteiger partial charge in [0.25, 0.3) is 0 Å². The third-order valence-corrected chi connectivity index (χ3v) is 2.47. The van der Waals surface area contributed by atoms with Crippen LogP contribution in [0.4, 0.5) is 4.39 Å². The van der Waals surface area contributed by atoms with Crippen LogP contribution in [0, 0.1) is 24.6 Å². The summed E-state index contributed by atoms with van der Waals surface area (Å²) in [6, 6.07) is 6.82. The molecule has 0 saturated carbocycles. The fourth-order valence-electron chi connectivity index (χ4n) is 1.65. The number of hydrogen-bond donors (Lipinski definition) is 1. The third kappa shape index (κ3) is 2.96. The summed E-state index contributed by atoms with van der Waals surface area (Å²) in [7, 11) is 0. The molecule has 0 saturated heterocycles. The predicted molar refractivity (Wildman–Crippen MR) is 68.4 cm³/mol. The van der Waals surface area contributed by atoms with Gasteiger partial charge in [-0.1, -0.05) is 17.9 Å². The molecule has 1 aromatic carbocycles. The van der Waals surface area contributed by atoms with E-state index in [0.717, 1.165) is 11.3 Å². The maximum absolute atomic E-state index is 13.5. The van der Waals surface area contributed by atoms with Crippen LogP contribution < -0.4 is 5.73 Å². The largest absolute Gasteiger partial charge is 0.320 e. The first-order valence-electron chi connectivity index (χ1n) is 5.66. The minimum atomic E-state index is -0.323. The van der Waals surface area contributed by atoms with Crippen molar-refractivity contribution in [2.45, 2.75) is 13.5 Å². The highest BCUT2D eigenvalue weighted by atomic mass is 19.1. The highest BCUT2D eigenvalue weighted by Crippen LogP contribution is 2.11. The molecule has 0 aliphatic heterocycles. The first kappa shape index (κ1) is 12.3. The van der Waals surface area contributed by atoms with Gasteiger partial charge >= 0.3 is 0 Å². The van der Waals surface area contributed by atoms with Crippen LogP contribution in [0.3, 0.4) is 0 Å². The molecule has 0 unspecified atom stereocenters. The molecule has 18 heavy (non-hydrogen) atoms. The Bertz CT molecular complexity index is 605. The van der Waals surface area contributed by atoms with Crippen LogP contribution in [0.25, 0.3) is 0 Å². The molecule has 0 aliphatic carbocycles. The molecule has 0 amide bonds. The summed E-state index contributed by atoms with van der Waals surface area (Å²) in [4.78, 5) is 0. The molecule has 0 bridgehead atoms. The summed E-state index contributed by atoms with van der Waals surface area (Å²) in [5, 5.41) is 4.29. The van der Waals surface area contributed by atoms with E-state index in [4.69, 9.17) is 5.73 Å². The SMILES string of the molecule is Cc1ccn(Cc2ccc(F)c(C#CCN)c2)n1. The molecule has 4 heteroatoms. The summed E-state index contributed by atoms with van der Waals surface area (Å²) < 4.78 is 15.3. The lowest BCUT2D eigenvalue weighted by Gasteiger charge is -2.03. The Kier molecular flexibility index (Phi) is 3.75. The van der Waals surface area contributed by atoms with Crippen molar-refractivity contribution in [3.8, 4) is 11.8 Å². The molecular weight excluding hydrogens is 229 g/mol. The van der Waals surface area contributed by atoms with E-state index in [1.54, 1.807) is 12.1 Å². The van der Waals surface area contributed by atoms with Gasteiger partial charge in [0.2, 0.25) is 0 Å². The van der Waals surface area contributed by atoms with Crippen LogP contribution in [0.5, 0.6) is 0 Å². The van der Waals surface area contributed by atoms with Crippen LogP contribution in [0.1, 0.15) is 16.8 Å². The van der Waals surface area contributed by atoms with E-state index in [-0.39, 0.29) is 12.4 Å². The Morgan fingerprint density at radius 2 is 2.22 bits per heavy atom. The standard InChI is InChI=1S/C14H14FN3/c1-11-6-8-18(17-11)10-12-4-5-14(15)13(9-12)3-2-7-16/h4-6,8-9H,7,10,16H2,1H3. The van der Waals surface area contributed by atoms with E-state index in [9.17, 15) is 4.39 Å². The van der Waals surface area contributed by atoms with Gasteiger partial charge in [0.05, 0.1) is 24.3 Å². The van der Waals surface area contributed by atoms with E-state index < -0.39 is 0 Å². The molecule has 0 spiro atoms. The number of rotatable bonds is 2. The lowest BCUT2D eigenvalue weighted by atomic mass is 10.1. The van der Waals surface area contributed by atoms with Gasteiger partial charge in [0.1, 0.15) is 5.82 Å². The quantitative estimate of drug-likeness (QED) is 0.816. The summed E-state index contributed by atoms with van der Waals surface area (Å²) in [6.07, 6.45) is 1.89. The molecule has 2 rings (SSSR count). The average Bonchev–Trinajstić information content (AvgIpc) is 2.75. The van der Waals surface area contributed by atoms with Gasteiger partial charge in [0.15, 0.2) is 0 Å². The second-order valence-electron chi connectivity index (χ2n) is 3.97. The Hall–Kier alpha value is -2.12. The van der Waals surface area contributed by atoms with E-state index in [2.05, 4.69) is 16.9 Å². The van der Waals surface area contributed by atoms with Crippen molar-refractivity contribution in [2.75, 3.05) is 6.54 Å². The molecular formula is C14H14FN3. The fourth-order valence-corrected chi connectivity index (χ4v) is 1.65. The van der Waals surface area contributed by atoms with Crippen LogP contribution in [0.15, 0.2) is 30.5 Å². The molecule has 2 N–H and O–H groups in total. The van der Waals surface area contributed by atoms with Gasteiger partial charge in [-0.05, 0) is 30.7 Å². The topological polar surface area (TPSA) is 43.8 Å². The van der Waals surface area contributed by atoms with Gasteiger partial charge in [-0.2, -0.15) is 5.10 Å². The third-order valence-electron chi connectivity index (χ3n) is 2.47. The lowest BCUT2D eigenvalue weighted by Crippen LogP contribution is -2.01. The van der Waals surface area contributed by atoms with Gasteiger partial charge in [0, 0.05) is 6.20 Å². The summed E-state index contributed by atoms with van der Waals surface area (Å²) in [5.74, 6) is 5.06. The Balaban J connectivity index is 2.24. The van der Waals surface area contributed by atoms with Crippen molar-refractivity contribution in [2.24, 2.45) is 5.73 Å². The van der Waals surface area contributed by atoms with Crippen LogP contribution in [-0.4, -0.2) is 16.3 Å². The van der Waals surface area contributed by atoms with Crippen molar-refractivity contribution in [1.29, 1.82) is 0 Å². The number of hydrogen-bond acceptors (Lipinski definition) is 2. The summed E-state index contributed by atoms with van der Waals surface area (Å²) in [6.45, 7) is 2.76. The zero-order valence-corrected chi connectivity index (χ0v) is 10.2. The van der Waals surface area contributed by atoms with Crippen molar-refractivity contribution in [3.63, 3.8) is 0 Å². The molecule has 3 nitrogen and oxygen atoms in total. The second-order valence-corrected chi connectivity index (χ2v) is 3.97. The van der Waals surface area contributed by atoms with Crippen LogP contribution >= 0.6 is 0 Å². The fraction of sp³-hybridized carbons (Fsp3) is 0.214. The average molecular weight is 243 g/mol. The van der Waals surface area contributed by atoms with Crippen molar-refractivity contribution in [1.82, 2.24) is 9.78 Å². The first-order valence-corrected chi connectivity index (χ1v) is 5.66. The maximum Gasteiger partial charge on any atom is 0.138 e. The van der Waals surface area contributed by atoms with Crippen molar-refractivity contribution >= 4 is 0 Å². The van der Waals surface area contributed by atoms with Gasteiger partial charge in [-0.15, -0.1) is 0 Å². The Labute approximate surface area is 105 Å². The smallest absolute Gasteiger partial charge is 0.138 e. The van der Waals surface area contributed by atoms with Gasteiger partial charge in [-0.3, -0.25) is 4.68 Å². The number of benzene rings is 1. The number of aryl methyl sites for hydroxylation is 1. The zero-order valence-electron chi connectivity index (χ0n) is 10.2. The second kappa shape index (κ2) is 5.48. The van der Waals surface area contributed by atoms with Crippen molar-refractivity contribution in [3.05, 3.63) is 53.1 Å². The Morgan fingerprint density at radius 3 is 2.89 bits per heavy atom. The zero-order chi connectivity index (χ0) is 13.0. The highest BCUT2D eigenvalue weighted by molar-refractivity contribution is 5.38. The summed E-state index contributed by atoms with van der Waals surface area (Å²) in [5.41, 5.74) is 7.57. The molecule has 0 radical (unpaired) electrons. The van der Waals surface area contributed by atoms with E-state index in [1.807, 2.05) is 23.9 Å². The normalized spacial score (nSPS) is 9.94. The monoisotopic (exact) mass is 243 g/mol. The minimum Gasteiger partial charge on any atom is -0.320 e. The van der Waals surface area contributed by atoms with E-state index in [0.29, 0.717) is 12.1 Å². The maximum atomic E-state index is 13.5. The Morgan fingerprint density at radius 1 is 1.39 bits per heavy atom. The molecule has 2 aromatic rings. The number of nitrogens with two attached hydrogens (primary N) is 1. The highest BCUT2D eigenvalue weighted by Gasteiger charge is 2.02. The molecule has 0 atom stereocenters. The van der Waals surface area contributed by atoms with Gasteiger partial charge < -0.3 is 5.73 Å². The molecule has 92 valence electrons. The first-order chi connectivity index (χ1) is 8.69. The molecule has 0 fully saturated rings. The summed E-state index contributed by atoms with van der Waals surface area (Å²) >= 11 is 0. The van der Waals surface area contributed by atoms with Gasteiger partial charge in [-0.25, -0.2) is 4.39 Å². The number of aromatic nitrogens is 2. The van der Waals surface area contributed by atoms with Crippen molar-refractivity contribution < 1.29 is 4.39 Å². The number of nitrogens with zero attached hydrogens (tertiary/aromatic N) is 2. The van der Waals surface area contributed by atoms with Crippen LogP contribution in [0.2, 0.25) is 0 Å². The molecule has 1 heterocycles. The van der Waals surface area contributed by atoms with Crippen LogP contribution in [-0.2, 0) is 6.54 Å². The lowest BCUT2D eigenvalue weighted by molar-refractivity contribution is 0.620. The van der Waals surface area contributed by atoms with E-state index in [1.165, 1.54) is 6.07 Å². The minimum absolute atomic E-state index is 0.224. The molecule has 1 aromatic heterocycles. The molecule has 0 aliphatic rings. The predicted octanol–water partition coefficient (Wildman–Crippen LogP) is 1.69. The number of halogens is 1.